The van der Waals surface area contributed by atoms with Crippen molar-refractivity contribution in [1.29, 1.82) is 0 Å². The van der Waals surface area contributed by atoms with Crippen LogP contribution in [-0.4, -0.2) is 17.1 Å². The van der Waals surface area contributed by atoms with E-state index in [1.54, 1.807) is 0 Å². The van der Waals surface area contributed by atoms with Crippen molar-refractivity contribution in [3.05, 3.63) is 0 Å². The molecule has 0 radical (unpaired) electrons. The van der Waals surface area contributed by atoms with Gasteiger partial charge >= 0.3 is 0 Å². The van der Waals surface area contributed by atoms with Crippen LogP contribution in [0.2, 0.25) is 0 Å². The fraction of sp³-hybridized carbons (Fsp3) is 1.00. The van der Waals surface area contributed by atoms with Gasteiger partial charge < -0.3 is 0 Å². The molecule has 0 fully saturated rings. The van der Waals surface area contributed by atoms with E-state index >= 15 is 0 Å². The first kappa shape index (κ1) is 9.92. The van der Waals surface area contributed by atoms with Gasteiger partial charge in [-0.3, -0.25) is 5.84 Å². The predicted octanol–water partition coefficient (Wildman–Crippen LogP) is 1.76. The molecular formula is C8H20N2. The second kappa shape index (κ2) is 4.69. The van der Waals surface area contributed by atoms with Gasteiger partial charge in [-0.2, -0.15) is 0 Å². The molecule has 2 atom stereocenters. The zero-order chi connectivity index (χ0) is 8.15. The van der Waals surface area contributed by atoms with Crippen LogP contribution in [0.1, 0.15) is 40.5 Å². The zero-order valence-electron chi connectivity index (χ0n) is 7.59. The number of nitrogens with two attached hydrogens (primary N) is 1. The Morgan fingerprint density at radius 3 is 1.60 bits per heavy atom. The van der Waals surface area contributed by atoms with E-state index in [1.807, 2.05) is 5.01 Å². The normalized spacial score (nSPS) is 17.4. The van der Waals surface area contributed by atoms with Gasteiger partial charge in [-0.15, -0.1) is 0 Å². The van der Waals surface area contributed by atoms with Crippen LogP contribution in [-0.2, 0) is 0 Å². The lowest BCUT2D eigenvalue weighted by atomic mass is 10.2. The molecule has 62 valence electrons. The van der Waals surface area contributed by atoms with Crippen LogP contribution >= 0.6 is 0 Å². The maximum atomic E-state index is 5.82. The second-order valence-electron chi connectivity index (χ2n) is 2.96. The van der Waals surface area contributed by atoms with Crippen LogP contribution < -0.4 is 5.84 Å². The highest BCUT2D eigenvalue weighted by molar-refractivity contribution is 4.64. The highest BCUT2D eigenvalue weighted by Crippen LogP contribution is 2.04. The minimum Gasteiger partial charge on any atom is -0.268 e. The van der Waals surface area contributed by atoms with E-state index < -0.39 is 0 Å². The van der Waals surface area contributed by atoms with Gasteiger partial charge in [0.2, 0.25) is 0 Å². The maximum absolute atomic E-state index is 5.82. The monoisotopic (exact) mass is 144 g/mol. The summed E-state index contributed by atoms with van der Waals surface area (Å²) in [6.07, 6.45) is 2.25. The van der Waals surface area contributed by atoms with Crippen molar-refractivity contribution >= 4 is 0 Å². The van der Waals surface area contributed by atoms with Gasteiger partial charge in [-0.05, 0) is 26.7 Å². The van der Waals surface area contributed by atoms with Crippen molar-refractivity contribution in [2.24, 2.45) is 5.84 Å². The van der Waals surface area contributed by atoms with Crippen LogP contribution in [0.5, 0.6) is 0 Å². The summed E-state index contributed by atoms with van der Waals surface area (Å²) in [5.41, 5.74) is 0. The van der Waals surface area contributed by atoms with E-state index in [0.717, 1.165) is 12.8 Å². The molecule has 0 aliphatic heterocycles. The Kier molecular flexibility index (Phi) is 4.65. The van der Waals surface area contributed by atoms with E-state index in [1.165, 1.54) is 0 Å². The predicted molar refractivity (Wildman–Crippen MR) is 45.5 cm³/mol. The molecule has 0 aromatic carbocycles. The summed E-state index contributed by atoms with van der Waals surface area (Å²) >= 11 is 0. The molecule has 0 aromatic heterocycles. The molecule has 0 aliphatic carbocycles. The van der Waals surface area contributed by atoms with Crippen LogP contribution in [0.3, 0.4) is 0 Å². The average Bonchev–Trinajstić information content (AvgIpc) is 2.00. The summed E-state index contributed by atoms with van der Waals surface area (Å²) in [6, 6.07) is 1.02. The molecule has 2 N–H and O–H groups in total. The summed E-state index contributed by atoms with van der Waals surface area (Å²) in [5.74, 6) is 5.82. The number of hydrogen-bond acceptors (Lipinski definition) is 2. The average molecular weight is 144 g/mol. The standard InChI is InChI=1S/C8H20N2/c1-5-7(3)10(9)8(4)6-2/h7-8H,5-6,9H2,1-4H3. The van der Waals surface area contributed by atoms with Crippen LogP contribution in [0, 0.1) is 0 Å². The number of rotatable bonds is 4. The summed E-state index contributed by atoms with van der Waals surface area (Å²) in [6.45, 7) is 8.64. The minimum absolute atomic E-state index is 0.509. The van der Waals surface area contributed by atoms with E-state index in [0.29, 0.717) is 12.1 Å². The first-order valence-corrected chi connectivity index (χ1v) is 4.16. The third-order valence-corrected chi connectivity index (χ3v) is 2.20. The largest absolute Gasteiger partial charge is 0.268 e. The van der Waals surface area contributed by atoms with Crippen molar-refractivity contribution in [3.8, 4) is 0 Å². The van der Waals surface area contributed by atoms with Crippen molar-refractivity contribution in [3.63, 3.8) is 0 Å². The lowest BCUT2D eigenvalue weighted by Crippen LogP contribution is -2.45. The van der Waals surface area contributed by atoms with Gasteiger partial charge in [0.05, 0.1) is 0 Å². The third kappa shape index (κ3) is 2.67. The van der Waals surface area contributed by atoms with Gasteiger partial charge in [0, 0.05) is 12.1 Å². The van der Waals surface area contributed by atoms with E-state index in [-0.39, 0.29) is 0 Å². The highest BCUT2D eigenvalue weighted by atomic mass is 15.4. The van der Waals surface area contributed by atoms with Gasteiger partial charge in [-0.25, -0.2) is 5.01 Å². The Morgan fingerprint density at radius 2 is 1.40 bits per heavy atom. The summed E-state index contributed by atoms with van der Waals surface area (Å²) < 4.78 is 0. The second-order valence-corrected chi connectivity index (χ2v) is 2.96. The van der Waals surface area contributed by atoms with E-state index in [4.69, 9.17) is 5.84 Å². The maximum Gasteiger partial charge on any atom is 0.0213 e. The molecule has 0 aliphatic rings. The molecular weight excluding hydrogens is 124 g/mol. The Hall–Kier alpha value is -0.0800. The highest BCUT2D eigenvalue weighted by Gasteiger charge is 2.12. The van der Waals surface area contributed by atoms with Crippen molar-refractivity contribution in [1.82, 2.24) is 5.01 Å². The molecule has 2 nitrogen and oxygen atoms in total. The van der Waals surface area contributed by atoms with Crippen LogP contribution in [0.4, 0.5) is 0 Å². The molecule has 0 spiro atoms. The molecule has 2 heteroatoms. The van der Waals surface area contributed by atoms with Crippen molar-refractivity contribution in [2.75, 3.05) is 0 Å². The molecule has 0 saturated carbocycles. The lowest BCUT2D eigenvalue weighted by molar-refractivity contribution is 0.149. The Morgan fingerprint density at radius 1 is 1.10 bits per heavy atom. The SMILES string of the molecule is CCC(C)N(N)C(C)CC. The molecule has 10 heavy (non-hydrogen) atoms. The smallest absolute Gasteiger partial charge is 0.0213 e. The number of hydrazine groups is 1. The fourth-order valence-electron chi connectivity index (χ4n) is 0.856. The first-order chi connectivity index (χ1) is 4.63. The summed E-state index contributed by atoms with van der Waals surface area (Å²) in [7, 11) is 0. The van der Waals surface area contributed by atoms with Crippen molar-refractivity contribution in [2.45, 2.75) is 52.6 Å². The fourth-order valence-corrected chi connectivity index (χ4v) is 0.856. The van der Waals surface area contributed by atoms with Gasteiger partial charge in [0.25, 0.3) is 0 Å². The van der Waals surface area contributed by atoms with E-state index in [2.05, 4.69) is 27.7 Å². The topological polar surface area (TPSA) is 29.3 Å². The molecule has 0 aromatic rings. The summed E-state index contributed by atoms with van der Waals surface area (Å²) in [5, 5.41) is 1.94. The lowest BCUT2D eigenvalue weighted by Gasteiger charge is -2.28. The Labute approximate surface area is 64.4 Å². The van der Waals surface area contributed by atoms with Gasteiger partial charge in [-0.1, -0.05) is 13.8 Å². The van der Waals surface area contributed by atoms with Crippen molar-refractivity contribution < 1.29 is 0 Å². The van der Waals surface area contributed by atoms with Crippen LogP contribution in [0.15, 0.2) is 0 Å². The van der Waals surface area contributed by atoms with Gasteiger partial charge in [0.1, 0.15) is 0 Å². The van der Waals surface area contributed by atoms with Crippen LogP contribution in [0.25, 0.3) is 0 Å². The molecule has 0 saturated heterocycles. The van der Waals surface area contributed by atoms with E-state index in [9.17, 15) is 0 Å². The molecule has 0 bridgehead atoms. The summed E-state index contributed by atoms with van der Waals surface area (Å²) in [4.78, 5) is 0. The molecule has 0 heterocycles. The molecule has 0 amide bonds. The Balaban J connectivity index is 3.69. The molecule has 2 unspecified atom stereocenters. The Bertz CT molecular complexity index is 73.3. The number of nitrogens with zero attached hydrogens (tertiary/aromatic N) is 1. The quantitative estimate of drug-likeness (QED) is 0.481. The van der Waals surface area contributed by atoms with Gasteiger partial charge in [0.15, 0.2) is 0 Å². The number of hydrogen-bond donors (Lipinski definition) is 1. The first-order valence-electron chi connectivity index (χ1n) is 4.16. The third-order valence-electron chi connectivity index (χ3n) is 2.20. The molecule has 0 rings (SSSR count). The zero-order valence-corrected chi connectivity index (χ0v) is 7.59. The minimum atomic E-state index is 0.509.